The Morgan fingerprint density at radius 2 is 2.11 bits per heavy atom. The number of ether oxygens (including phenoxy) is 1. The molecule has 0 radical (unpaired) electrons. The third-order valence-electron chi connectivity index (χ3n) is 3.18. The smallest absolute Gasteiger partial charge is 0.0832 e. The predicted molar refractivity (Wildman–Crippen MR) is 77.8 cm³/mol. The van der Waals surface area contributed by atoms with E-state index >= 15 is 0 Å². The molecule has 1 unspecified atom stereocenters. The first-order valence-corrected chi connectivity index (χ1v) is 7.15. The Balaban J connectivity index is 3.25. The molecule has 1 aromatic heterocycles. The van der Waals surface area contributed by atoms with Gasteiger partial charge in [-0.05, 0) is 50.2 Å². The second kappa shape index (κ2) is 6.17. The fourth-order valence-electron chi connectivity index (χ4n) is 2.03. The molecule has 0 bridgehead atoms. The number of hydrogen-bond donors (Lipinski definition) is 1. The first-order valence-electron chi connectivity index (χ1n) is 6.36. The van der Waals surface area contributed by atoms with Gasteiger partial charge in [-0.3, -0.25) is 4.68 Å². The molecule has 0 aromatic carbocycles. The van der Waals surface area contributed by atoms with Gasteiger partial charge < -0.3 is 10.1 Å². The van der Waals surface area contributed by atoms with Crippen LogP contribution in [-0.4, -0.2) is 29.0 Å². The molecule has 0 saturated heterocycles. The van der Waals surface area contributed by atoms with Crippen molar-refractivity contribution in [3.63, 3.8) is 0 Å². The molecule has 4 nitrogen and oxygen atoms in total. The van der Waals surface area contributed by atoms with Gasteiger partial charge in [-0.2, -0.15) is 5.10 Å². The highest BCUT2D eigenvalue weighted by molar-refractivity contribution is 9.10. The Bertz CT molecular complexity index is 388. The van der Waals surface area contributed by atoms with E-state index in [2.05, 4.69) is 61.0 Å². The zero-order valence-corrected chi connectivity index (χ0v) is 13.7. The second-order valence-corrected chi connectivity index (χ2v) is 6.07. The van der Waals surface area contributed by atoms with Crippen LogP contribution < -0.4 is 5.32 Å². The summed E-state index contributed by atoms with van der Waals surface area (Å²) in [5.41, 5.74) is 0.837. The first kappa shape index (κ1) is 15.7. The topological polar surface area (TPSA) is 39.1 Å². The van der Waals surface area contributed by atoms with Crippen LogP contribution in [0, 0.1) is 0 Å². The van der Waals surface area contributed by atoms with Crippen molar-refractivity contribution in [3.8, 4) is 0 Å². The fraction of sp³-hybridized carbons (Fsp3) is 0.769. The SMILES string of the molecule is CCNC(c1c(Br)cnn1C(C)C)C(C)(C)OC. The van der Waals surface area contributed by atoms with Crippen molar-refractivity contribution in [2.75, 3.05) is 13.7 Å². The summed E-state index contributed by atoms with van der Waals surface area (Å²) >= 11 is 3.60. The maximum Gasteiger partial charge on any atom is 0.0832 e. The number of hydrogen-bond acceptors (Lipinski definition) is 3. The molecule has 0 fully saturated rings. The average molecular weight is 318 g/mol. The lowest BCUT2D eigenvalue weighted by molar-refractivity contribution is -0.0135. The first-order chi connectivity index (χ1) is 8.35. The molecule has 1 atom stereocenters. The van der Waals surface area contributed by atoms with Gasteiger partial charge >= 0.3 is 0 Å². The van der Waals surface area contributed by atoms with Crippen LogP contribution in [0.15, 0.2) is 10.7 Å². The molecule has 1 aromatic rings. The Morgan fingerprint density at radius 1 is 1.50 bits per heavy atom. The summed E-state index contributed by atoms with van der Waals surface area (Å²) in [7, 11) is 1.74. The standard InChI is InChI=1S/C13H24BrN3O/c1-7-15-12(13(4,5)18-6)11-10(14)8-16-17(11)9(2)3/h8-9,12,15H,7H2,1-6H3. The van der Waals surface area contributed by atoms with Crippen molar-refractivity contribution in [2.45, 2.75) is 52.3 Å². The van der Waals surface area contributed by atoms with Crippen LogP contribution >= 0.6 is 15.9 Å². The molecule has 5 heteroatoms. The van der Waals surface area contributed by atoms with Crippen LogP contribution in [0.3, 0.4) is 0 Å². The summed E-state index contributed by atoms with van der Waals surface area (Å²) < 4.78 is 8.70. The molecule has 0 spiro atoms. The second-order valence-electron chi connectivity index (χ2n) is 5.21. The normalized spacial score (nSPS) is 14.2. The van der Waals surface area contributed by atoms with Crippen molar-refractivity contribution in [1.29, 1.82) is 0 Å². The van der Waals surface area contributed by atoms with E-state index < -0.39 is 0 Å². The minimum absolute atomic E-state index is 0.0896. The maximum atomic E-state index is 5.64. The molecule has 0 aliphatic heterocycles. The number of nitrogens with one attached hydrogen (secondary N) is 1. The van der Waals surface area contributed by atoms with Gasteiger partial charge in [-0.25, -0.2) is 0 Å². The van der Waals surface area contributed by atoms with E-state index in [0.717, 1.165) is 16.7 Å². The van der Waals surface area contributed by atoms with Gasteiger partial charge in [0.25, 0.3) is 0 Å². The van der Waals surface area contributed by atoms with Gasteiger partial charge in [0.15, 0.2) is 0 Å². The third kappa shape index (κ3) is 3.13. The van der Waals surface area contributed by atoms with Gasteiger partial charge in [-0.1, -0.05) is 6.92 Å². The number of rotatable bonds is 6. The molecule has 1 rings (SSSR count). The van der Waals surface area contributed by atoms with E-state index in [1.165, 1.54) is 0 Å². The molecule has 1 N–H and O–H groups in total. The molecule has 1 heterocycles. The van der Waals surface area contributed by atoms with E-state index in [1.54, 1.807) is 7.11 Å². The summed E-state index contributed by atoms with van der Waals surface area (Å²) in [6.45, 7) is 11.4. The Labute approximate surface area is 118 Å². The molecule has 0 saturated carbocycles. The van der Waals surface area contributed by atoms with Crippen molar-refractivity contribution >= 4 is 15.9 Å². The van der Waals surface area contributed by atoms with Gasteiger partial charge in [-0.15, -0.1) is 0 Å². The minimum atomic E-state index is -0.300. The maximum absolute atomic E-state index is 5.64. The molecule has 0 aliphatic carbocycles. The van der Waals surface area contributed by atoms with E-state index in [0.29, 0.717) is 6.04 Å². The number of likely N-dealkylation sites (N-methyl/N-ethyl adjacent to an activating group) is 1. The van der Waals surface area contributed by atoms with Gasteiger partial charge in [0.2, 0.25) is 0 Å². The largest absolute Gasteiger partial charge is 0.377 e. The summed E-state index contributed by atoms with van der Waals surface area (Å²) in [5.74, 6) is 0. The Morgan fingerprint density at radius 3 is 2.56 bits per heavy atom. The summed E-state index contributed by atoms with van der Waals surface area (Å²) in [6, 6.07) is 0.409. The van der Waals surface area contributed by atoms with Crippen molar-refractivity contribution in [1.82, 2.24) is 15.1 Å². The summed E-state index contributed by atoms with van der Waals surface area (Å²) in [4.78, 5) is 0. The number of nitrogens with zero attached hydrogens (tertiary/aromatic N) is 2. The van der Waals surface area contributed by atoms with Crippen LogP contribution in [-0.2, 0) is 4.74 Å². The van der Waals surface area contributed by atoms with Crippen LogP contribution in [0.25, 0.3) is 0 Å². The van der Waals surface area contributed by atoms with Crippen molar-refractivity contribution in [3.05, 3.63) is 16.4 Å². The van der Waals surface area contributed by atoms with Crippen LogP contribution in [0.5, 0.6) is 0 Å². The van der Waals surface area contributed by atoms with Crippen molar-refractivity contribution < 1.29 is 4.74 Å². The lowest BCUT2D eigenvalue weighted by atomic mass is 9.95. The number of methoxy groups -OCH3 is 1. The van der Waals surface area contributed by atoms with Crippen LogP contribution in [0.2, 0.25) is 0 Å². The Hall–Kier alpha value is -0.390. The lowest BCUT2D eigenvalue weighted by Crippen LogP contribution is -2.42. The van der Waals surface area contributed by atoms with Crippen molar-refractivity contribution in [2.24, 2.45) is 0 Å². The fourth-order valence-corrected chi connectivity index (χ4v) is 2.53. The van der Waals surface area contributed by atoms with E-state index in [4.69, 9.17) is 4.74 Å². The number of halogens is 1. The summed E-state index contributed by atoms with van der Waals surface area (Å²) in [6.07, 6.45) is 1.85. The van der Waals surface area contributed by atoms with Crippen LogP contribution in [0.1, 0.15) is 52.4 Å². The third-order valence-corrected chi connectivity index (χ3v) is 3.79. The molecule has 104 valence electrons. The quantitative estimate of drug-likeness (QED) is 0.875. The van der Waals surface area contributed by atoms with Crippen LogP contribution in [0.4, 0.5) is 0 Å². The Kier molecular flexibility index (Phi) is 5.37. The predicted octanol–water partition coefficient (Wildman–Crippen LogP) is 3.30. The molecule has 0 amide bonds. The highest BCUT2D eigenvalue weighted by atomic mass is 79.9. The van der Waals surface area contributed by atoms with Gasteiger partial charge in [0, 0.05) is 13.2 Å². The average Bonchev–Trinajstić information content (AvgIpc) is 2.68. The zero-order chi connectivity index (χ0) is 13.9. The lowest BCUT2D eigenvalue weighted by Gasteiger charge is -2.34. The van der Waals surface area contributed by atoms with E-state index in [-0.39, 0.29) is 11.6 Å². The molecule has 18 heavy (non-hydrogen) atoms. The molecular formula is C13H24BrN3O. The van der Waals surface area contributed by atoms with Gasteiger partial charge in [0.05, 0.1) is 28.0 Å². The molecular weight excluding hydrogens is 294 g/mol. The zero-order valence-electron chi connectivity index (χ0n) is 12.1. The highest BCUT2D eigenvalue weighted by Crippen LogP contribution is 2.34. The highest BCUT2D eigenvalue weighted by Gasteiger charge is 2.34. The minimum Gasteiger partial charge on any atom is -0.377 e. The van der Waals surface area contributed by atoms with Gasteiger partial charge in [0.1, 0.15) is 0 Å². The summed E-state index contributed by atoms with van der Waals surface area (Å²) in [5, 5.41) is 7.94. The number of aromatic nitrogens is 2. The molecule has 0 aliphatic rings. The van der Waals surface area contributed by atoms with E-state index in [9.17, 15) is 0 Å². The monoisotopic (exact) mass is 317 g/mol. The van der Waals surface area contributed by atoms with E-state index in [1.807, 2.05) is 10.9 Å².